The van der Waals surface area contributed by atoms with Crippen LogP contribution in [-0.4, -0.2) is 29.1 Å². The molecule has 0 atom stereocenters. The Labute approximate surface area is 118 Å². The van der Waals surface area contributed by atoms with Gasteiger partial charge in [-0.15, -0.1) is 0 Å². The first-order chi connectivity index (χ1) is 9.11. The van der Waals surface area contributed by atoms with Crippen LogP contribution in [0.5, 0.6) is 0 Å². The normalized spacial score (nSPS) is 15.4. The summed E-state index contributed by atoms with van der Waals surface area (Å²) in [5, 5.41) is 12.6. The highest BCUT2D eigenvalue weighted by atomic mass is 35.5. The summed E-state index contributed by atoms with van der Waals surface area (Å²) in [6.45, 7) is 5.86. The van der Waals surface area contributed by atoms with Gasteiger partial charge in [-0.2, -0.15) is 15.2 Å². The number of piperidine rings is 1. The lowest BCUT2D eigenvalue weighted by Gasteiger charge is -2.28. The van der Waals surface area contributed by atoms with Crippen LogP contribution in [0.1, 0.15) is 38.7 Å². The van der Waals surface area contributed by atoms with Crippen LogP contribution in [-0.2, 0) is 0 Å². The van der Waals surface area contributed by atoms with Crippen molar-refractivity contribution in [1.82, 2.24) is 9.97 Å². The Morgan fingerprint density at radius 2 is 1.95 bits per heavy atom. The predicted octanol–water partition coefficient (Wildman–Crippen LogP) is 2.81. The minimum Gasteiger partial charge on any atom is -0.355 e. The summed E-state index contributed by atoms with van der Waals surface area (Å²) >= 11 is 6.10. The summed E-state index contributed by atoms with van der Waals surface area (Å²) < 4.78 is 0. The van der Waals surface area contributed by atoms with Crippen LogP contribution in [0.3, 0.4) is 0 Å². The van der Waals surface area contributed by atoms with E-state index < -0.39 is 0 Å². The second-order valence-electron chi connectivity index (χ2n) is 5.00. The van der Waals surface area contributed by atoms with Crippen molar-refractivity contribution in [3.8, 4) is 6.07 Å². The molecule has 1 aliphatic heterocycles. The van der Waals surface area contributed by atoms with Crippen molar-refractivity contribution in [2.75, 3.05) is 23.3 Å². The largest absolute Gasteiger partial charge is 0.355 e. The maximum absolute atomic E-state index is 9.24. The molecule has 19 heavy (non-hydrogen) atoms. The lowest BCUT2D eigenvalue weighted by molar-refractivity contribution is 0.572. The second kappa shape index (κ2) is 6.07. The highest BCUT2D eigenvalue weighted by Crippen LogP contribution is 2.27. The van der Waals surface area contributed by atoms with E-state index in [0.29, 0.717) is 17.3 Å². The zero-order valence-electron chi connectivity index (χ0n) is 11.3. The van der Waals surface area contributed by atoms with E-state index in [1.807, 2.05) is 13.8 Å². The smallest absolute Gasteiger partial charge is 0.226 e. The number of rotatable bonds is 3. The fourth-order valence-corrected chi connectivity index (χ4v) is 2.38. The number of anilines is 2. The molecule has 5 nitrogen and oxygen atoms in total. The van der Waals surface area contributed by atoms with E-state index in [4.69, 9.17) is 11.6 Å². The quantitative estimate of drug-likeness (QED) is 0.862. The van der Waals surface area contributed by atoms with E-state index in [1.165, 1.54) is 6.42 Å². The molecule has 1 fully saturated rings. The molecule has 0 aromatic carbocycles. The number of hydrogen-bond acceptors (Lipinski definition) is 5. The molecule has 6 heteroatoms. The van der Waals surface area contributed by atoms with Crippen molar-refractivity contribution in [3.05, 3.63) is 10.7 Å². The first-order valence-electron chi connectivity index (χ1n) is 6.61. The average molecular weight is 280 g/mol. The number of aromatic nitrogens is 2. The molecule has 0 bridgehead atoms. The molecule has 1 aromatic heterocycles. The Kier molecular flexibility index (Phi) is 4.43. The van der Waals surface area contributed by atoms with E-state index in [1.54, 1.807) is 0 Å². The molecule has 2 rings (SSSR count). The molecule has 1 N–H and O–H groups in total. The molecule has 0 amide bonds. The van der Waals surface area contributed by atoms with Gasteiger partial charge in [-0.05, 0) is 33.1 Å². The molecule has 2 heterocycles. The minimum atomic E-state index is 0.221. The third-order valence-corrected chi connectivity index (χ3v) is 3.30. The van der Waals surface area contributed by atoms with Crippen LogP contribution in [0.25, 0.3) is 0 Å². The zero-order valence-corrected chi connectivity index (χ0v) is 12.0. The molecular formula is C13H18ClN5. The van der Waals surface area contributed by atoms with Gasteiger partial charge in [-0.1, -0.05) is 11.6 Å². The van der Waals surface area contributed by atoms with Gasteiger partial charge in [-0.3, -0.25) is 0 Å². The van der Waals surface area contributed by atoms with Crippen LogP contribution in [0.2, 0.25) is 5.15 Å². The van der Waals surface area contributed by atoms with Crippen LogP contribution in [0, 0.1) is 11.3 Å². The Morgan fingerprint density at radius 3 is 2.53 bits per heavy atom. The van der Waals surface area contributed by atoms with E-state index in [0.717, 1.165) is 25.9 Å². The molecule has 1 aromatic rings. The Bertz CT molecular complexity index is 489. The number of halogens is 1. The van der Waals surface area contributed by atoms with Gasteiger partial charge in [0.2, 0.25) is 5.95 Å². The molecule has 1 saturated heterocycles. The molecule has 0 saturated carbocycles. The van der Waals surface area contributed by atoms with Crippen LogP contribution < -0.4 is 10.2 Å². The Hall–Kier alpha value is -1.54. The minimum absolute atomic E-state index is 0.221. The van der Waals surface area contributed by atoms with Gasteiger partial charge in [0.05, 0.1) is 0 Å². The number of nitrogens with zero attached hydrogens (tertiary/aromatic N) is 4. The number of hydrogen-bond donors (Lipinski definition) is 1. The van der Waals surface area contributed by atoms with Gasteiger partial charge in [0.25, 0.3) is 0 Å². The van der Waals surface area contributed by atoms with Crippen molar-refractivity contribution < 1.29 is 0 Å². The molecule has 0 aliphatic carbocycles. The molecule has 102 valence electrons. The molecule has 0 radical (unpaired) electrons. The molecule has 0 unspecified atom stereocenters. The van der Waals surface area contributed by atoms with Crippen molar-refractivity contribution >= 4 is 23.4 Å². The van der Waals surface area contributed by atoms with Crippen molar-refractivity contribution in [3.63, 3.8) is 0 Å². The van der Waals surface area contributed by atoms with Gasteiger partial charge in [-0.25, -0.2) is 0 Å². The lowest BCUT2D eigenvalue weighted by Crippen LogP contribution is -2.31. The van der Waals surface area contributed by atoms with Crippen LogP contribution in [0.4, 0.5) is 11.8 Å². The van der Waals surface area contributed by atoms with Crippen LogP contribution in [0.15, 0.2) is 0 Å². The highest BCUT2D eigenvalue weighted by molar-refractivity contribution is 6.31. The van der Waals surface area contributed by atoms with Gasteiger partial charge >= 0.3 is 0 Å². The SMILES string of the molecule is CC(C)Nc1nc(Cl)c(C#N)c(N2CCCCC2)n1. The van der Waals surface area contributed by atoms with E-state index >= 15 is 0 Å². The van der Waals surface area contributed by atoms with E-state index in [2.05, 4.69) is 26.3 Å². The van der Waals surface area contributed by atoms with Crippen LogP contribution >= 0.6 is 11.6 Å². The maximum Gasteiger partial charge on any atom is 0.226 e. The van der Waals surface area contributed by atoms with Gasteiger partial charge in [0.1, 0.15) is 11.6 Å². The zero-order chi connectivity index (χ0) is 13.8. The maximum atomic E-state index is 9.24. The summed E-state index contributed by atoms with van der Waals surface area (Å²) in [4.78, 5) is 10.7. The van der Waals surface area contributed by atoms with Crippen molar-refractivity contribution in [2.24, 2.45) is 0 Å². The predicted molar refractivity (Wildman–Crippen MR) is 76.6 cm³/mol. The standard InChI is InChI=1S/C13H18ClN5/c1-9(2)16-13-17-11(14)10(8-15)12(18-13)19-6-4-3-5-7-19/h9H,3-7H2,1-2H3,(H,16,17,18). The first-order valence-corrected chi connectivity index (χ1v) is 6.98. The Morgan fingerprint density at radius 1 is 1.26 bits per heavy atom. The van der Waals surface area contributed by atoms with Gasteiger partial charge < -0.3 is 10.2 Å². The fourth-order valence-electron chi connectivity index (χ4n) is 2.18. The molecular weight excluding hydrogens is 262 g/mol. The fraction of sp³-hybridized carbons (Fsp3) is 0.615. The lowest BCUT2D eigenvalue weighted by atomic mass is 10.1. The highest BCUT2D eigenvalue weighted by Gasteiger charge is 2.20. The topological polar surface area (TPSA) is 64.8 Å². The number of nitriles is 1. The molecule has 0 spiro atoms. The Balaban J connectivity index is 2.38. The third kappa shape index (κ3) is 3.27. The number of nitrogens with one attached hydrogen (secondary N) is 1. The summed E-state index contributed by atoms with van der Waals surface area (Å²) in [5.41, 5.74) is 0.373. The van der Waals surface area contributed by atoms with E-state index in [-0.39, 0.29) is 11.2 Å². The summed E-state index contributed by atoms with van der Waals surface area (Å²) in [6.07, 6.45) is 3.48. The first kappa shape index (κ1) is 13.9. The summed E-state index contributed by atoms with van der Waals surface area (Å²) in [6, 6.07) is 2.34. The summed E-state index contributed by atoms with van der Waals surface area (Å²) in [7, 11) is 0. The second-order valence-corrected chi connectivity index (χ2v) is 5.35. The van der Waals surface area contributed by atoms with Crippen molar-refractivity contribution in [1.29, 1.82) is 5.26 Å². The average Bonchev–Trinajstić information content (AvgIpc) is 2.38. The monoisotopic (exact) mass is 279 g/mol. The third-order valence-electron chi connectivity index (χ3n) is 3.03. The van der Waals surface area contributed by atoms with Gasteiger partial charge in [0, 0.05) is 19.1 Å². The van der Waals surface area contributed by atoms with Gasteiger partial charge in [0.15, 0.2) is 11.0 Å². The van der Waals surface area contributed by atoms with E-state index in [9.17, 15) is 5.26 Å². The van der Waals surface area contributed by atoms with Crippen molar-refractivity contribution in [2.45, 2.75) is 39.2 Å². The molecule has 1 aliphatic rings. The summed E-state index contributed by atoms with van der Waals surface area (Å²) in [5.74, 6) is 1.14.